The number of halogens is 1. The maximum atomic E-state index is 12.0. The third-order valence-corrected chi connectivity index (χ3v) is 3.65. The van der Waals surface area contributed by atoms with Gasteiger partial charge in [-0.25, -0.2) is 4.79 Å². The third-order valence-electron chi connectivity index (χ3n) is 3.12. The number of hydrogen-bond acceptors (Lipinski definition) is 3. The molecule has 0 atom stereocenters. The van der Waals surface area contributed by atoms with E-state index in [0.717, 1.165) is 16.5 Å². The van der Waals surface area contributed by atoms with Gasteiger partial charge in [-0.2, -0.15) is 0 Å². The summed E-state index contributed by atoms with van der Waals surface area (Å²) in [5.41, 5.74) is 2.06. The first-order valence-electron chi connectivity index (χ1n) is 7.40. The summed E-state index contributed by atoms with van der Waals surface area (Å²) in [6.07, 6.45) is 1.09. The summed E-state index contributed by atoms with van der Waals surface area (Å²) in [6, 6.07) is 14.3. The van der Waals surface area contributed by atoms with Crippen molar-refractivity contribution < 1.29 is 14.3 Å². The number of ether oxygens (including phenoxy) is 1. The summed E-state index contributed by atoms with van der Waals surface area (Å²) < 4.78 is 6.04. The van der Waals surface area contributed by atoms with Gasteiger partial charge in [-0.1, -0.05) is 35.0 Å². The quantitative estimate of drug-likeness (QED) is 0.769. The van der Waals surface area contributed by atoms with E-state index in [1.807, 2.05) is 31.2 Å². The fourth-order valence-electron chi connectivity index (χ4n) is 1.96. The summed E-state index contributed by atoms with van der Waals surface area (Å²) in [5, 5.41) is 2.81. The van der Waals surface area contributed by atoms with Crippen molar-refractivity contribution in [3.63, 3.8) is 0 Å². The van der Waals surface area contributed by atoms with Crippen molar-refractivity contribution in [3.8, 4) is 0 Å². The summed E-state index contributed by atoms with van der Waals surface area (Å²) in [7, 11) is 0. The predicted octanol–water partition coefficient (Wildman–Crippen LogP) is 4.20. The second-order valence-corrected chi connectivity index (χ2v) is 5.98. The summed E-state index contributed by atoms with van der Waals surface area (Å²) >= 11 is 3.36. The smallest absolute Gasteiger partial charge is 0.338 e. The molecule has 0 fully saturated rings. The first-order valence-corrected chi connectivity index (χ1v) is 8.19. The van der Waals surface area contributed by atoms with E-state index in [1.165, 1.54) is 0 Å². The molecule has 0 aliphatic carbocycles. The molecule has 1 N–H and O–H groups in total. The average Bonchev–Trinajstić information content (AvgIpc) is 2.55. The molecular weight excluding hydrogens is 358 g/mol. The van der Waals surface area contributed by atoms with Gasteiger partial charge in [-0.05, 0) is 48.4 Å². The van der Waals surface area contributed by atoms with Crippen LogP contribution in [0.3, 0.4) is 0 Å². The van der Waals surface area contributed by atoms with Gasteiger partial charge in [-0.3, -0.25) is 4.79 Å². The van der Waals surface area contributed by atoms with E-state index in [2.05, 4.69) is 21.2 Å². The van der Waals surface area contributed by atoms with Crippen molar-refractivity contribution in [2.24, 2.45) is 0 Å². The zero-order chi connectivity index (χ0) is 16.7. The minimum absolute atomic E-state index is 0.103. The van der Waals surface area contributed by atoms with Crippen molar-refractivity contribution in [2.45, 2.75) is 19.8 Å². The standard InChI is InChI=1S/C18H18BrNO3/c1-2-11-23-18(22)14-5-9-16(10-6-14)20-17(21)12-13-3-7-15(19)8-4-13/h3-10H,2,11-12H2,1H3,(H,20,21). The lowest BCUT2D eigenvalue weighted by Gasteiger charge is -2.07. The van der Waals surface area contributed by atoms with Crippen LogP contribution in [0.4, 0.5) is 5.69 Å². The number of rotatable bonds is 6. The topological polar surface area (TPSA) is 55.4 Å². The highest BCUT2D eigenvalue weighted by atomic mass is 79.9. The number of benzene rings is 2. The second-order valence-electron chi connectivity index (χ2n) is 5.06. The van der Waals surface area contributed by atoms with Crippen LogP contribution >= 0.6 is 15.9 Å². The monoisotopic (exact) mass is 375 g/mol. The van der Waals surface area contributed by atoms with Gasteiger partial charge in [0.05, 0.1) is 18.6 Å². The Hall–Kier alpha value is -2.14. The Labute approximate surface area is 144 Å². The Kier molecular flexibility index (Phi) is 6.35. The number of carbonyl (C=O) groups excluding carboxylic acids is 2. The summed E-state index contributed by atoms with van der Waals surface area (Å²) in [6.45, 7) is 2.35. The van der Waals surface area contributed by atoms with Gasteiger partial charge in [0.1, 0.15) is 0 Å². The van der Waals surface area contributed by atoms with Gasteiger partial charge in [0.2, 0.25) is 5.91 Å². The maximum absolute atomic E-state index is 12.0. The van der Waals surface area contributed by atoms with Gasteiger partial charge in [0.15, 0.2) is 0 Å². The number of hydrogen-bond donors (Lipinski definition) is 1. The largest absolute Gasteiger partial charge is 0.462 e. The molecule has 0 saturated heterocycles. The lowest BCUT2D eigenvalue weighted by molar-refractivity contribution is -0.115. The Bertz CT molecular complexity index is 666. The molecule has 2 rings (SSSR count). The van der Waals surface area contributed by atoms with Crippen LogP contribution in [0.15, 0.2) is 53.0 Å². The van der Waals surface area contributed by atoms with Gasteiger partial charge >= 0.3 is 5.97 Å². The molecule has 2 aromatic rings. The highest BCUT2D eigenvalue weighted by molar-refractivity contribution is 9.10. The van der Waals surface area contributed by atoms with E-state index < -0.39 is 0 Å². The van der Waals surface area contributed by atoms with Crippen LogP contribution in [-0.2, 0) is 16.0 Å². The van der Waals surface area contributed by atoms with E-state index in [-0.39, 0.29) is 11.9 Å². The van der Waals surface area contributed by atoms with Crippen molar-refractivity contribution in [2.75, 3.05) is 11.9 Å². The van der Waals surface area contributed by atoms with Gasteiger partial charge in [0.25, 0.3) is 0 Å². The Morgan fingerprint density at radius 1 is 1.04 bits per heavy atom. The van der Waals surface area contributed by atoms with E-state index in [9.17, 15) is 9.59 Å². The highest BCUT2D eigenvalue weighted by Crippen LogP contribution is 2.13. The minimum Gasteiger partial charge on any atom is -0.462 e. The molecule has 0 aliphatic rings. The molecule has 0 heterocycles. The zero-order valence-corrected chi connectivity index (χ0v) is 14.4. The normalized spacial score (nSPS) is 10.2. The van der Waals surface area contributed by atoms with Crippen molar-refractivity contribution in [1.82, 2.24) is 0 Å². The number of carbonyl (C=O) groups is 2. The van der Waals surface area contributed by atoms with E-state index in [1.54, 1.807) is 24.3 Å². The van der Waals surface area contributed by atoms with Gasteiger partial charge < -0.3 is 10.1 Å². The van der Waals surface area contributed by atoms with Crippen LogP contribution in [0.25, 0.3) is 0 Å². The van der Waals surface area contributed by atoms with Crippen LogP contribution in [0.5, 0.6) is 0 Å². The van der Waals surface area contributed by atoms with Crippen LogP contribution < -0.4 is 5.32 Å². The molecule has 2 aromatic carbocycles. The SMILES string of the molecule is CCCOC(=O)c1ccc(NC(=O)Cc2ccc(Br)cc2)cc1. The molecule has 0 aromatic heterocycles. The Balaban J connectivity index is 1.91. The van der Waals surface area contributed by atoms with Crippen molar-refractivity contribution >= 4 is 33.5 Å². The van der Waals surface area contributed by atoms with E-state index in [4.69, 9.17) is 4.74 Å². The van der Waals surface area contributed by atoms with Crippen molar-refractivity contribution in [1.29, 1.82) is 0 Å². The highest BCUT2D eigenvalue weighted by Gasteiger charge is 2.08. The van der Waals surface area contributed by atoms with Crippen LogP contribution in [0.2, 0.25) is 0 Å². The molecule has 0 saturated carbocycles. The molecule has 23 heavy (non-hydrogen) atoms. The first-order chi connectivity index (χ1) is 11.1. The molecule has 0 spiro atoms. The molecule has 1 amide bonds. The maximum Gasteiger partial charge on any atom is 0.338 e. The predicted molar refractivity (Wildman–Crippen MR) is 93.5 cm³/mol. The number of nitrogens with one attached hydrogen (secondary N) is 1. The number of esters is 1. The number of amides is 1. The molecule has 0 bridgehead atoms. The molecular formula is C18H18BrNO3. The molecule has 0 radical (unpaired) electrons. The lowest BCUT2D eigenvalue weighted by atomic mass is 10.1. The molecule has 0 aliphatic heterocycles. The van der Waals surface area contributed by atoms with Crippen molar-refractivity contribution in [3.05, 3.63) is 64.1 Å². The van der Waals surface area contributed by atoms with Crippen LogP contribution in [0, 0.1) is 0 Å². The average molecular weight is 376 g/mol. The fourth-order valence-corrected chi connectivity index (χ4v) is 2.22. The first kappa shape index (κ1) is 17.2. The Morgan fingerprint density at radius 3 is 2.30 bits per heavy atom. The molecule has 4 nitrogen and oxygen atoms in total. The number of anilines is 1. The third kappa shape index (κ3) is 5.53. The van der Waals surface area contributed by atoms with Gasteiger partial charge in [-0.15, -0.1) is 0 Å². The van der Waals surface area contributed by atoms with Crippen LogP contribution in [-0.4, -0.2) is 18.5 Å². The minimum atomic E-state index is -0.348. The molecule has 5 heteroatoms. The second kappa shape index (κ2) is 8.48. The van der Waals surface area contributed by atoms with E-state index >= 15 is 0 Å². The summed E-state index contributed by atoms with van der Waals surface area (Å²) in [4.78, 5) is 23.7. The summed E-state index contributed by atoms with van der Waals surface area (Å²) in [5.74, 6) is -0.451. The van der Waals surface area contributed by atoms with E-state index in [0.29, 0.717) is 24.3 Å². The van der Waals surface area contributed by atoms with Crippen LogP contribution in [0.1, 0.15) is 29.3 Å². The zero-order valence-electron chi connectivity index (χ0n) is 12.8. The molecule has 0 unspecified atom stereocenters. The Morgan fingerprint density at radius 2 is 1.70 bits per heavy atom. The fraction of sp³-hybridized carbons (Fsp3) is 0.222. The van der Waals surface area contributed by atoms with Gasteiger partial charge in [0, 0.05) is 10.2 Å². The lowest BCUT2D eigenvalue weighted by Crippen LogP contribution is -2.14. The molecule has 120 valence electrons.